The molecule has 0 N–H and O–H groups in total. The van der Waals surface area contributed by atoms with Crippen LogP contribution in [0, 0.1) is 0 Å². The van der Waals surface area contributed by atoms with Gasteiger partial charge in [-0.2, -0.15) is 0 Å². The molecule has 1 atom stereocenters. The molecule has 1 unspecified atom stereocenters. The Hall–Kier alpha value is 1.31. The Kier molecular flexibility index (Phi) is 1.34. The summed E-state index contributed by atoms with van der Waals surface area (Å²) < 4.78 is 0.478. The van der Waals surface area contributed by atoms with E-state index in [-0.39, 0.29) is 10.3 Å². The van der Waals surface area contributed by atoms with Crippen LogP contribution in [0.5, 0.6) is 0 Å². The van der Waals surface area contributed by atoms with Gasteiger partial charge >= 0.3 is 0 Å². The maximum Gasteiger partial charge on any atom is 0.0635 e. The first-order valence-corrected chi connectivity index (χ1v) is 4.95. The Morgan fingerprint density at radius 3 is 2.11 bits per heavy atom. The summed E-state index contributed by atoms with van der Waals surface area (Å²) in [5.41, 5.74) is 0. The number of rotatable bonds is 0. The van der Waals surface area contributed by atoms with E-state index in [1.807, 2.05) is 0 Å². The highest BCUT2D eigenvalue weighted by molar-refractivity contribution is 14.1. The first kappa shape index (κ1) is 6.99. The largest absolute Gasteiger partial charge is 0.121 e. The molecule has 3 aliphatic rings. The summed E-state index contributed by atoms with van der Waals surface area (Å²) in [4.78, 5) is -0.0112. The van der Waals surface area contributed by atoms with E-state index in [1.54, 1.807) is 0 Å². The summed E-state index contributed by atoms with van der Waals surface area (Å²) in [5, 5.41) is 0.232. The van der Waals surface area contributed by atoms with Crippen LogP contribution in [0.4, 0.5) is 0 Å². The van der Waals surface area contributed by atoms with Crippen molar-refractivity contribution in [2.75, 3.05) is 0 Å². The molecule has 3 saturated carbocycles. The molecule has 0 aromatic carbocycles. The zero-order valence-corrected chi connectivity index (χ0v) is 8.50. The molecule has 52 valence electrons. The first-order valence-electron chi connectivity index (χ1n) is 3.06. The van der Waals surface area contributed by atoms with E-state index in [0.717, 1.165) is 19.3 Å². The van der Waals surface area contributed by atoms with Gasteiger partial charge in [-0.15, -0.1) is 23.2 Å². The van der Waals surface area contributed by atoms with Gasteiger partial charge in [0.15, 0.2) is 0 Å². The van der Waals surface area contributed by atoms with Crippen molar-refractivity contribution in [1.29, 1.82) is 0 Å². The van der Waals surface area contributed by atoms with Crippen molar-refractivity contribution >= 4 is 45.8 Å². The lowest BCUT2D eigenvalue weighted by Gasteiger charge is -2.39. The standard InChI is InChI=1S/C6H7Cl2I/c7-4-1-5(9)2-6(4,8)3-5/h4H,1-3H2. The first-order chi connectivity index (χ1) is 4.04. The lowest BCUT2D eigenvalue weighted by molar-refractivity contribution is 0.391. The number of alkyl halides is 3. The van der Waals surface area contributed by atoms with Crippen LogP contribution in [0.15, 0.2) is 0 Å². The van der Waals surface area contributed by atoms with Crippen molar-refractivity contribution in [1.82, 2.24) is 0 Å². The fraction of sp³-hybridized carbons (Fsp3) is 1.00. The van der Waals surface area contributed by atoms with Gasteiger partial charge < -0.3 is 0 Å². The molecule has 0 aromatic rings. The molecule has 9 heavy (non-hydrogen) atoms. The van der Waals surface area contributed by atoms with E-state index in [0.29, 0.717) is 3.42 Å². The lowest BCUT2D eigenvalue weighted by Crippen LogP contribution is -2.41. The molecular formula is C6H7Cl2I. The van der Waals surface area contributed by atoms with E-state index >= 15 is 0 Å². The van der Waals surface area contributed by atoms with Crippen LogP contribution >= 0.6 is 45.8 Å². The number of hydrogen-bond acceptors (Lipinski definition) is 0. The zero-order valence-electron chi connectivity index (χ0n) is 4.83. The maximum atomic E-state index is 6.14. The van der Waals surface area contributed by atoms with Crippen LogP contribution in [-0.4, -0.2) is 13.7 Å². The monoisotopic (exact) mass is 276 g/mol. The van der Waals surface area contributed by atoms with Gasteiger partial charge in [0.1, 0.15) is 0 Å². The molecule has 3 fully saturated rings. The van der Waals surface area contributed by atoms with Gasteiger partial charge in [-0.1, -0.05) is 22.6 Å². The normalized spacial score (nSPS) is 63.7. The molecule has 0 aliphatic heterocycles. The molecule has 0 heterocycles. The quantitative estimate of drug-likeness (QED) is 0.471. The predicted molar refractivity (Wildman–Crippen MR) is 48.8 cm³/mol. The zero-order chi connectivity index (χ0) is 6.70. The molecular weight excluding hydrogens is 270 g/mol. The van der Waals surface area contributed by atoms with Crippen LogP contribution < -0.4 is 0 Å². The molecule has 0 nitrogen and oxygen atoms in total. The number of halogens is 3. The predicted octanol–water partition coefficient (Wildman–Crippen LogP) is 2.94. The Labute approximate surface area is 78.4 Å². The third-order valence-electron chi connectivity index (χ3n) is 2.33. The van der Waals surface area contributed by atoms with Gasteiger partial charge in [-0.3, -0.25) is 0 Å². The van der Waals surface area contributed by atoms with E-state index in [4.69, 9.17) is 23.2 Å². The molecule has 2 bridgehead atoms. The smallest absolute Gasteiger partial charge is 0.0635 e. The lowest BCUT2D eigenvalue weighted by atomic mass is 9.83. The van der Waals surface area contributed by atoms with Gasteiger partial charge in [0.25, 0.3) is 0 Å². The fourth-order valence-electron chi connectivity index (χ4n) is 1.87. The van der Waals surface area contributed by atoms with Crippen molar-refractivity contribution in [2.24, 2.45) is 0 Å². The second-order valence-electron chi connectivity index (χ2n) is 3.21. The topological polar surface area (TPSA) is 0 Å². The molecule has 3 heteroatoms. The molecule has 3 rings (SSSR count). The Balaban J connectivity index is 2.24. The highest BCUT2D eigenvalue weighted by atomic mass is 127. The Morgan fingerprint density at radius 2 is 2.00 bits per heavy atom. The molecule has 0 amide bonds. The van der Waals surface area contributed by atoms with Crippen molar-refractivity contribution in [2.45, 2.75) is 32.9 Å². The summed E-state index contributed by atoms with van der Waals surface area (Å²) in [6.07, 6.45) is 3.35. The SMILES string of the molecule is ClC1CC2(I)CC1(Cl)C2. The molecule has 0 spiro atoms. The minimum absolute atomic E-state index is 0.0112. The van der Waals surface area contributed by atoms with Crippen LogP contribution in [0.3, 0.4) is 0 Å². The van der Waals surface area contributed by atoms with Crippen LogP contribution in [-0.2, 0) is 0 Å². The van der Waals surface area contributed by atoms with E-state index < -0.39 is 0 Å². The number of hydrogen-bond donors (Lipinski definition) is 0. The molecule has 0 radical (unpaired) electrons. The van der Waals surface area contributed by atoms with Crippen LogP contribution in [0.25, 0.3) is 0 Å². The third kappa shape index (κ3) is 0.842. The maximum absolute atomic E-state index is 6.14. The van der Waals surface area contributed by atoms with Crippen molar-refractivity contribution in [3.05, 3.63) is 0 Å². The van der Waals surface area contributed by atoms with E-state index in [9.17, 15) is 0 Å². The van der Waals surface area contributed by atoms with Crippen molar-refractivity contribution < 1.29 is 0 Å². The second kappa shape index (κ2) is 1.72. The molecule has 0 aromatic heterocycles. The van der Waals surface area contributed by atoms with Gasteiger partial charge in [-0.05, 0) is 19.3 Å². The summed E-state index contributed by atoms with van der Waals surface area (Å²) in [7, 11) is 0. The van der Waals surface area contributed by atoms with Gasteiger partial charge in [0, 0.05) is 3.42 Å². The minimum Gasteiger partial charge on any atom is -0.121 e. The Morgan fingerprint density at radius 1 is 1.44 bits per heavy atom. The van der Waals surface area contributed by atoms with Crippen molar-refractivity contribution in [3.8, 4) is 0 Å². The van der Waals surface area contributed by atoms with Gasteiger partial charge in [-0.25, -0.2) is 0 Å². The Bertz CT molecular complexity index is 146. The highest BCUT2D eigenvalue weighted by Crippen LogP contribution is 2.65. The molecule has 0 saturated heterocycles. The third-order valence-corrected chi connectivity index (χ3v) is 4.75. The second-order valence-corrected chi connectivity index (χ2v) is 6.78. The average Bonchev–Trinajstić information content (AvgIpc) is 1.85. The van der Waals surface area contributed by atoms with Gasteiger partial charge in [0.2, 0.25) is 0 Å². The summed E-state index contributed by atoms with van der Waals surface area (Å²) in [5.74, 6) is 0. The van der Waals surface area contributed by atoms with Crippen LogP contribution in [0.2, 0.25) is 0 Å². The summed E-state index contributed by atoms with van der Waals surface area (Å²) in [6.45, 7) is 0. The average molecular weight is 277 g/mol. The van der Waals surface area contributed by atoms with Gasteiger partial charge in [0.05, 0.1) is 10.3 Å². The van der Waals surface area contributed by atoms with E-state index in [1.165, 1.54) is 0 Å². The van der Waals surface area contributed by atoms with Crippen molar-refractivity contribution in [3.63, 3.8) is 0 Å². The summed E-state index contributed by atoms with van der Waals surface area (Å²) in [6, 6.07) is 0. The summed E-state index contributed by atoms with van der Waals surface area (Å²) >= 11 is 14.6. The molecule has 3 aliphatic carbocycles. The highest BCUT2D eigenvalue weighted by Gasteiger charge is 2.63. The van der Waals surface area contributed by atoms with E-state index in [2.05, 4.69) is 22.6 Å². The fourth-order valence-corrected chi connectivity index (χ4v) is 5.42. The number of fused-ring (bicyclic) bond motifs is 1. The van der Waals surface area contributed by atoms with Crippen LogP contribution in [0.1, 0.15) is 19.3 Å². The minimum atomic E-state index is -0.0112.